The van der Waals surface area contributed by atoms with E-state index in [1.165, 1.54) is 0 Å². The van der Waals surface area contributed by atoms with Crippen LogP contribution in [0, 0.1) is 0 Å². The van der Waals surface area contributed by atoms with Crippen molar-refractivity contribution >= 4 is 34.4 Å². The van der Waals surface area contributed by atoms with Crippen molar-refractivity contribution in [3.63, 3.8) is 0 Å². The Balaban J connectivity index is 2.33. The second-order valence-electron chi connectivity index (χ2n) is 3.83. The Morgan fingerprint density at radius 2 is 1.94 bits per heavy atom. The molecule has 3 nitrogen and oxygen atoms in total. The fraction of sp³-hybridized carbons (Fsp3) is 0.0769. The summed E-state index contributed by atoms with van der Waals surface area (Å²) >= 11 is 11.9. The average molecular weight is 278 g/mol. The molecule has 0 amide bonds. The molecule has 0 bridgehead atoms. The molecule has 3 rings (SSSR count). The summed E-state index contributed by atoms with van der Waals surface area (Å²) in [4.78, 5) is 8.79. The van der Waals surface area contributed by atoms with Crippen LogP contribution in [-0.2, 0) is 5.88 Å². The molecule has 0 fully saturated rings. The topological polar surface area (TPSA) is 30.7 Å². The van der Waals surface area contributed by atoms with Crippen LogP contribution in [0.4, 0.5) is 0 Å². The lowest BCUT2D eigenvalue weighted by Crippen LogP contribution is -1.99. The van der Waals surface area contributed by atoms with Crippen LogP contribution in [-0.4, -0.2) is 14.5 Å². The first kappa shape index (κ1) is 11.5. The molecular formula is C13H9Cl2N3. The van der Waals surface area contributed by atoms with Crippen LogP contribution in [0.5, 0.6) is 0 Å². The van der Waals surface area contributed by atoms with Crippen molar-refractivity contribution in [2.75, 3.05) is 0 Å². The Morgan fingerprint density at radius 3 is 2.67 bits per heavy atom. The molecule has 0 saturated heterocycles. The molecule has 2 heterocycles. The predicted octanol–water partition coefficient (Wildman–Crippen LogP) is 3.81. The number of rotatable bonds is 2. The zero-order valence-corrected chi connectivity index (χ0v) is 10.9. The molecule has 0 spiro atoms. The standard InChI is InChI=1S/C13H9Cl2N3/c14-7-12-17-11-6-9(15)8-16-13(11)18(12)10-4-2-1-3-5-10/h1-6,8H,7H2. The van der Waals surface area contributed by atoms with Crippen molar-refractivity contribution < 1.29 is 0 Å². The number of hydrogen-bond donors (Lipinski definition) is 0. The van der Waals surface area contributed by atoms with Crippen molar-refractivity contribution in [3.8, 4) is 5.69 Å². The van der Waals surface area contributed by atoms with E-state index in [0.717, 1.165) is 22.7 Å². The van der Waals surface area contributed by atoms with Crippen molar-refractivity contribution in [1.29, 1.82) is 0 Å². The number of halogens is 2. The molecule has 1 aromatic carbocycles. The summed E-state index contributed by atoms with van der Waals surface area (Å²) in [6.45, 7) is 0. The first-order valence-corrected chi connectivity index (χ1v) is 6.35. The van der Waals surface area contributed by atoms with Gasteiger partial charge in [0.05, 0.1) is 10.9 Å². The molecule has 0 atom stereocenters. The van der Waals surface area contributed by atoms with Gasteiger partial charge in [-0.1, -0.05) is 29.8 Å². The summed E-state index contributed by atoms with van der Waals surface area (Å²) in [5.41, 5.74) is 2.51. The van der Waals surface area contributed by atoms with Gasteiger partial charge in [-0.25, -0.2) is 9.97 Å². The predicted molar refractivity (Wildman–Crippen MR) is 73.4 cm³/mol. The zero-order chi connectivity index (χ0) is 12.5. The third kappa shape index (κ3) is 1.85. The fourth-order valence-electron chi connectivity index (χ4n) is 1.93. The van der Waals surface area contributed by atoms with Crippen LogP contribution in [0.3, 0.4) is 0 Å². The summed E-state index contributed by atoms with van der Waals surface area (Å²) in [6.07, 6.45) is 1.61. The van der Waals surface area contributed by atoms with Crippen LogP contribution >= 0.6 is 23.2 Å². The highest BCUT2D eigenvalue weighted by molar-refractivity contribution is 6.31. The van der Waals surface area contributed by atoms with E-state index in [1.807, 2.05) is 34.9 Å². The monoisotopic (exact) mass is 277 g/mol. The number of para-hydroxylation sites is 1. The maximum atomic E-state index is 5.95. The normalized spacial score (nSPS) is 11.0. The lowest BCUT2D eigenvalue weighted by Gasteiger charge is -2.06. The fourth-order valence-corrected chi connectivity index (χ4v) is 2.26. The molecular weight excluding hydrogens is 269 g/mol. The van der Waals surface area contributed by atoms with Gasteiger partial charge in [0, 0.05) is 11.9 Å². The third-order valence-electron chi connectivity index (χ3n) is 2.67. The minimum Gasteiger partial charge on any atom is -0.280 e. The molecule has 0 unspecified atom stereocenters. The molecule has 0 aliphatic heterocycles. The minimum atomic E-state index is 0.322. The first-order chi connectivity index (χ1) is 8.79. The van der Waals surface area contributed by atoms with Gasteiger partial charge in [-0.05, 0) is 18.2 Å². The summed E-state index contributed by atoms with van der Waals surface area (Å²) in [6, 6.07) is 11.7. The highest BCUT2D eigenvalue weighted by Gasteiger charge is 2.12. The minimum absolute atomic E-state index is 0.322. The second kappa shape index (κ2) is 4.59. The second-order valence-corrected chi connectivity index (χ2v) is 4.53. The molecule has 18 heavy (non-hydrogen) atoms. The number of nitrogens with zero attached hydrogens (tertiary/aromatic N) is 3. The SMILES string of the molecule is ClCc1nc2cc(Cl)cnc2n1-c1ccccc1. The van der Waals surface area contributed by atoms with Gasteiger partial charge in [0.15, 0.2) is 5.65 Å². The number of aromatic nitrogens is 3. The Kier molecular flexibility index (Phi) is 2.94. The van der Waals surface area contributed by atoms with Gasteiger partial charge in [0.25, 0.3) is 0 Å². The van der Waals surface area contributed by atoms with Gasteiger partial charge in [-0.3, -0.25) is 4.57 Å². The molecule has 0 aliphatic carbocycles. The first-order valence-electron chi connectivity index (χ1n) is 5.44. The number of fused-ring (bicyclic) bond motifs is 1. The Labute approximate surface area is 114 Å². The lowest BCUT2D eigenvalue weighted by molar-refractivity contribution is 0.970. The van der Waals surface area contributed by atoms with Crippen molar-refractivity contribution in [2.24, 2.45) is 0 Å². The van der Waals surface area contributed by atoms with E-state index in [-0.39, 0.29) is 0 Å². The number of benzene rings is 1. The summed E-state index contributed by atoms with van der Waals surface area (Å²) in [7, 11) is 0. The highest BCUT2D eigenvalue weighted by atomic mass is 35.5. The van der Waals surface area contributed by atoms with Crippen LogP contribution in [0.15, 0.2) is 42.6 Å². The third-order valence-corrected chi connectivity index (χ3v) is 3.11. The van der Waals surface area contributed by atoms with Crippen molar-refractivity contribution in [2.45, 2.75) is 5.88 Å². The quantitative estimate of drug-likeness (QED) is 0.667. The van der Waals surface area contributed by atoms with E-state index in [2.05, 4.69) is 9.97 Å². The van der Waals surface area contributed by atoms with Gasteiger partial charge < -0.3 is 0 Å². The van der Waals surface area contributed by atoms with Crippen LogP contribution in [0.2, 0.25) is 5.02 Å². The van der Waals surface area contributed by atoms with Crippen LogP contribution < -0.4 is 0 Å². The number of pyridine rings is 1. The average Bonchev–Trinajstić information content (AvgIpc) is 2.77. The summed E-state index contributed by atoms with van der Waals surface area (Å²) < 4.78 is 1.94. The van der Waals surface area contributed by atoms with E-state index in [4.69, 9.17) is 23.2 Å². The molecule has 0 N–H and O–H groups in total. The van der Waals surface area contributed by atoms with E-state index in [1.54, 1.807) is 12.3 Å². The zero-order valence-electron chi connectivity index (χ0n) is 9.35. The van der Waals surface area contributed by atoms with Gasteiger partial charge >= 0.3 is 0 Å². The van der Waals surface area contributed by atoms with Crippen molar-refractivity contribution in [1.82, 2.24) is 14.5 Å². The highest BCUT2D eigenvalue weighted by Crippen LogP contribution is 2.22. The molecule has 90 valence electrons. The maximum Gasteiger partial charge on any atom is 0.164 e. The molecule has 0 radical (unpaired) electrons. The summed E-state index contributed by atoms with van der Waals surface area (Å²) in [5, 5.41) is 0.571. The molecule has 3 aromatic rings. The molecule has 5 heteroatoms. The van der Waals surface area contributed by atoms with Crippen LogP contribution in [0.1, 0.15) is 5.82 Å². The number of alkyl halides is 1. The Hall–Kier alpha value is -1.58. The maximum absolute atomic E-state index is 5.95. The largest absolute Gasteiger partial charge is 0.280 e. The van der Waals surface area contributed by atoms with Crippen molar-refractivity contribution in [3.05, 3.63) is 53.4 Å². The lowest BCUT2D eigenvalue weighted by atomic mass is 10.3. The summed E-state index contributed by atoms with van der Waals surface area (Å²) in [5.74, 6) is 1.08. The number of hydrogen-bond acceptors (Lipinski definition) is 2. The van der Waals surface area contributed by atoms with E-state index < -0.39 is 0 Å². The van der Waals surface area contributed by atoms with Crippen LogP contribution in [0.25, 0.3) is 16.9 Å². The Bertz CT molecular complexity index is 692. The van der Waals surface area contributed by atoms with E-state index in [0.29, 0.717) is 10.9 Å². The van der Waals surface area contributed by atoms with Gasteiger partial charge in [0.2, 0.25) is 0 Å². The van der Waals surface area contributed by atoms with Gasteiger partial charge in [0.1, 0.15) is 11.3 Å². The number of imidazole rings is 1. The molecule has 2 aromatic heterocycles. The Morgan fingerprint density at radius 1 is 1.17 bits per heavy atom. The van der Waals surface area contributed by atoms with Gasteiger partial charge in [-0.2, -0.15) is 0 Å². The smallest absolute Gasteiger partial charge is 0.164 e. The van der Waals surface area contributed by atoms with E-state index in [9.17, 15) is 0 Å². The van der Waals surface area contributed by atoms with E-state index >= 15 is 0 Å². The van der Waals surface area contributed by atoms with Gasteiger partial charge in [-0.15, -0.1) is 11.6 Å². The molecule has 0 saturated carbocycles. The molecule has 0 aliphatic rings.